The highest BCUT2D eigenvalue weighted by Gasteiger charge is 2.18. The zero-order chi connectivity index (χ0) is 21.8. The van der Waals surface area contributed by atoms with Gasteiger partial charge in [-0.05, 0) is 36.4 Å². The van der Waals surface area contributed by atoms with Crippen LogP contribution < -0.4 is 4.90 Å². The van der Waals surface area contributed by atoms with Gasteiger partial charge >= 0.3 is 0 Å². The Hall–Kier alpha value is -3.26. The van der Waals surface area contributed by atoms with Crippen LogP contribution in [0.15, 0.2) is 65.8 Å². The van der Waals surface area contributed by atoms with Crippen LogP contribution in [0.1, 0.15) is 26.5 Å². The SMILES string of the molecule is CN(c1cccc(Br)c1)c1nc2nncn2c2cc(-n3cnc(C(C)(C)C)c3)ccc12. The first kappa shape index (κ1) is 19.7. The largest absolute Gasteiger partial charge is 0.329 e. The molecule has 5 rings (SSSR count). The Morgan fingerprint density at radius 2 is 1.87 bits per heavy atom. The van der Waals surface area contributed by atoms with Gasteiger partial charge in [0.25, 0.3) is 5.78 Å². The number of aromatic nitrogens is 6. The molecule has 8 heteroatoms. The van der Waals surface area contributed by atoms with E-state index in [9.17, 15) is 0 Å². The normalized spacial score (nSPS) is 12.0. The zero-order valence-electron chi connectivity index (χ0n) is 17.8. The average molecular weight is 476 g/mol. The van der Waals surface area contributed by atoms with Crippen molar-refractivity contribution < 1.29 is 0 Å². The van der Waals surface area contributed by atoms with Gasteiger partial charge in [0.15, 0.2) is 0 Å². The molecule has 5 aromatic rings. The molecule has 0 bridgehead atoms. The van der Waals surface area contributed by atoms with Gasteiger partial charge in [-0.3, -0.25) is 4.40 Å². The van der Waals surface area contributed by atoms with Crippen LogP contribution in [-0.4, -0.2) is 36.2 Å². The van der Waals surface area contributed by atoms with E-state index in [0.29, 0.717) is 5.78 Å². The van der Waals surface area contributed by atoms with E-state index in [0.717, 1.165) is 38.3 Å². The molecular weight excluding hydrogens is 454 g/mol. The van der Waals surface area contributed by atoms with Crippen LogP contribution in [0.2, 0.25) is 0 Å². The molecule has 0 aliphatic heterocycles. The number of rotatable bonds is 3. The highest BCUT2D eigenvalue weighted by molar-refractivity contribution is 9.10. The molecule has 0 fully saturated rings. The maximum absolute atomic E-state index is 4.79. The summed E-state index contributed by atoms with van der Waals surface area (Å²) >= 11 is 3.56. The van der Waals surface area contributed by atoms with E-state index >= 15 is 0 Å². The lowest BCUT2D eigenvalue weighted by Crippen LogP contribution is -2.13. The fourth-order valence-corrected chi connectivity index (χ4v) is 4.00. The molecule has 0 atom stereocenters. The molecule has 0 amide bonds. The van der Waals surface area contributed by atoms with Gasteiger partial charge in [-0.1, -0.05) is 42.8 Å². The van der Waals surface area contributed by atoms with Crippen molar-refractivity contribution in [2.75, 3.05) is 11.9 Å². The molecule has 0 unspecified atom stereocenters. The van der Waals surface area contributed by atoms with Crippen LogP contribution in [0.3, 0.4) is 0 Å². The number of imidazole rings is 1. The van der Waals surface area contributed by atoms with Gasteiger partial charge in [-0.2, -0.15) is 4.98 Å². The first-order valence-electron chi connectivity index (χ1n) is 9.99. The molecule has 31 heavy (non-hydrogen) atoms. The summed E-state index contributed by atoms with van der Waals surface area (Å²) in [6.07, 6.45) is 5.65. The smallest absolute Gasteiger partial charge is 0.257 e. The standard InChI is InChI=1S/C23H22BrN7/c1-23(2,3)20-12-30(13-25-20)17-8-9-18-19(11-17)31-14-26-28-22(31)27-21(18)29(4)16-7-5-6-15(24)10-16/h5-14H,1-4H3. The molecule has 0 aliphatic carbocycles. The summed E-state index contributed by atoms with van der Waals surface area (Å²) in [7, 11) is 2.01. The summed E-state index contributed by atoms with van der Waals surface area (Å²) in [5, 5.41) is 9.30. The van der Waals surface area contributed by atoms with E-state index in [-0.39, 0.29) is 5.41 Å². The Bertz CT molecular complexity index is 1410. The third kappa shape index (κ3) is 3.46. The Balaban J connectivity index is 1.69. The van der Waals surface area contributed by atoms with Gasteiger partial charge in [-0.15, -0.1) is 10.2 Å². The summed E-state index contributed by atoms with van der Waals surface area (Å²) in [6, 6.07) is 14.4. The minimum Gasteiger partial charge on any atom is -0.329 e. The molecule has 2 aromatic carbocycles. The Labute approximate surface area is 188 Å². The first-order valence-corrected chi connectivity index (χ1v) is 10.8. The Kier molecular flexibility index (Phi) is 4.55. The summed E-state index contributed by atoms with van der Waals surface area (Å²) < 4.78 is 4.98. The van der Waals surface area contributed by atoms with Crippen LogP contribution in [0.4, 0.5) is 11.5 Å². The van der Waals surface area contributed by atoms with Crippen molar-refractivity contribution in [3.05, 3.63) is 71.5 Å². The van der Waals surface area contributed by atoms with E-state index in [1.165, 1.54) is 0 Å². The van der Waals surface area contributed by atoms with Gasteiger partial charge in [0.1, 0.15) is 12.1 Å². The third-order valence-electron chi connectivity index (χ3n) is 5.38. The summed E-state index contributed by atoms with van der Waals surface area (Å²) in [4.78, 5) is 11.5. The molecule has 3 aromatic heterocycles. The lowest BCUT2D eigenvalue weighted by molar-refractivity contribution is 0.572. The quantitative estimate of drug-likeness (QED) is 0.354. The van der Waals surface area contributed by atoms with Crippen LogP contribution in [0, 0.1) is 0 Å². The van der Waals surface area contributed by atoms with Gasteiger partial charge in [0, 0.05) is 39.9 Å². The van der Waals surface area contributed by atoms with E-state index in [1.807, 2.05) is 34.5 Å². The second-order valence-electron chi connectivity index (χ2n) is 8.59. The molecule has 0 saturated heterocycles. The predicted molar refractivity (Wildman–Crippen MR) is 126 cm³/mol. The highest BCUT2D eigenvalue weighted by atomic mass is 79.9. The minimum atomic E-state index is -0.00656. The van der Waals surface area contributed by atoms with Crippen molar-refractivity contribution in [2.45, 2.75) is 26.2 Å². The second-order valence-corrected chi connectivity index (χ2v) is 9.51. The highest BCUT2D eigenvalue weighted by Crippen LogP contribution is 2.32. The maximum Gasteiger partial charge on any atom is 0.257 e. The number of hydrogen-bond acceptors (Lipinski definition) is 5. The van der Waals surface area contributed by atoms with Crippen LogP contribution in [0.5, 0.6) is 0 Å². The minimum absolute atomic E-state index is 0.00656. The average Bonchev–Trinajstić information content (AvgIpc) is 3.42. The van der Waals surface area contributed by atoms with Crippen LogP contribution in [-0.2, 0) is 5.41 Å². The van der Waals surface area contributed by atoms with Crippen LogP contribution in [0.25, 0.3) is 22.4 Å². The third-order valence-corrected chi connectivity index (χ3v) is 5.87. The number of fused-ring (bicyclic) bond motifs is 3. The number of halogens is 1. The van der Waals surface area contributed by atoms with E-state index < -0.39 is 0 Å². The molecule has 0 aliphatic rings. The first-order chi connectivity index (χ1) is 14.8. The van der Waals surface area contributed by atoms with Gasteiger partial charge in [0.05, 0.1) is 17.5 Å². The van der Waals surface area contributed by atoms with Crippen LogP contribution >= 0.6 is 15.9 Å². The monoisotopic (exact) mass is 475 g/mol. The number of hydrogen-bond donors (Lipinski definition) is 0. The molecule has 3 heterocycles. The molecule has 0 N–H and O–H groups in total. The van der Waals surface area contributed by atoms with Gasteiger partial charge in [-0.25, -0.2) is 4.98 Å². The molecule has 0 spiro atoms. The number of anilines is 2. The van der Waals surface area contributed by atoms with Crippen molar-refractivity contribution in [3.63, 3.8) is 0 Å². The van der Waals surface area contributed by atoms with Crippen molar-refractivity contribution in [1.82, 2.24) is 29.1 Å². The number of benzene rings is 2. The lowest BCUT2D eigenvalue weighted by Gasteiger charge is -2.21. The topological polar surface area (TPSA) is 64.1 Å². The fraction of sp³-hybridized carbons (Fsp3) is 0.217. The molecule has 0 radical (unpaired) electrons. The van der Waals surface area contributed by atoms with E-state index in [4.69, 9.17) is 4.98 Å². The molecular formula is C23H22BrN7. The van der Waals surface area contributed by atoms with Crippen molar-refractivity contribution in [3.8, 4) is 5.69 Å². The summed E-state index contributed by atoms with van der Waals surface area (Å²) in [6.45, 7) is 6.49. The van der Waals surface area contributed by atoms with E-state index in [2.05, 4.69) is 93.3 Å². The van der Waals surface area contributed by atoms with Gasteiger partial charge in [0.2, 0.25) is 0 Å². The Morgan fingerprint density at radius 1 is 1.03 bits per heavy atom. The predicted octanol–water partition coefficient (Wildman–Crippen LogP) is 5.29. The molecule has 0 saturated carbocycles. The fourth-order valence-electron chi connectivity index (χ4n) is 3.61. The maximum atomic E-state index is 4.79. The molecule has 156 valence electrons. The Morgan fingerprint density at radius 3 is 2.61 bits per heavy atom. The summed E-state index contributed by atoms with van der Waals surface area (Å²) in [5.74, 6) is 1.38. The lowest BCUT2D eigenvalue weighted by atomic mass is 9.93. The molecule has 7 nitrogen and oxygen atoms in total. The second kappa shape index (κ2) is 7.16. The van der Waals surface area contributed by atoms with Crippen molar-refractivity contribution >= 4 is 44.1 Å². The number of nitrogens with zero attached hydrogens (tertiary/aromatic N) is 7. The van der Waals surface area contributed by atoms with Crippen molar-refractivity contribution in [2.24, 2.45) is 0 Å². The zero-order valence-corrected chi connectivity index (χ0v) is 19.4. The van der Waals surface area contributed by atoms with E-state index in [1.54, 1.807) is 6.33 Å². The van der Waals surface area contributed by atoms with Gasteiger partial charge < -0.3 is 9.47 Å². The summed E-state index contributed by atoms with van der Waals surface area (Å²) in [5.41, 5.74) is 4.07. The van der Waals surface area contributed by atoms with Crippen molar-refractivity contribution in [1.29, 1.82) is 0 Å².